The van der Waals surface area contributed by atoms with Gasteiger partial charge in [-0.3, -0.25) is 0 Å². The molecule has 1 heteroatoms. The minimum Gasteiger partial charge on any atom is -0.393 e. The Bertz CT molecular complexity index is 118. The zero-order valence-corrected chi connectivity index (χ0v) is 7.22. The van der Waals surface area contributed by atoms with Gasteiger partial charge in [0.1, 0.15) is 0 Å². The highest BCUT2D eigenvalue weighted by Crippen LogP contribution is 2.39. The average Bonchev–Trinajstić information content (AvgIpc) is 1.78. The number of rotatable bonds is 0. The van der Waals surface area contributed by atoms with Gasteiger partial charge < -0.3 is 5.11 Å². The van der Waals surface area contributed by atoms with E-state index in [2.05, 4.69) is 20.8 Å². The zero-order chi connectivity index (χ0) is 7.78. The van der Waals surface area contributed by atoms with E-state index < -0.39 is 0 Å². The molecule has 1 rings (SSSR count). The van der Waals surface area contributed by atoms with E-state index in [1.54, 1.807) is 0 Å². The lowest BCUT2D eigenvalue weighted by molar-refractivity contribution is 0.0300. The first-order chi connectivity index (χ1) is 4.52. The van der Waals surface area contributed by atoms with E-state index in [1.807, 2.05) is 0 Å². The topological polar surface area (TPSA) is 20.2 Å². The monoisotopic (exact) mass is 142 g/mol. The van der Waals surface area contributed by atoms with Gasteiger partial charge in [-0.1, -0.05) is 20.8 Å². The van der Waals surface area contributed by atoms with Crippen LogP contribution in [0.1, 0.15) is 40.0 Å². The van der Waals surface area contributed by atoms with E-state index in [0.29, 0.717) is 5.41 Å². The molecule has 0 aliphatic heterocycles. The number of hydrogen-bond donors (Lipinski definition) is 1. The molecule has 60 valence electrons. The fourth-order valence-electron chi connectivity index (χ4n) is 1.74. The minimum absolute atomic E-state index is 0.0359. The predicted molar refractivity (Wildman–Crippen MR) is 42.8 cm³/mol. The molecule has 10 heavy (non-hydrogen) atoms. The summed E-state index contributed by atoms with van der Waals surface area (Å²) in [6.07, 6.45) is 3.14. The van der Waals surface area contributed by atoms with Crippen molar-refractivity contribution in [2.75, 3.05) is 0 Å². The SMILES string of the molecule is C[C@H]1CC[C@H](O)CC1(C)C. The van der Waals surface area contributed by atoms with Gasteiger partial charge >= 0.3 is 0 Å². The Hall–Kier alpha value is -0.0400. The maximum Gasteiger partial charge on any atom is 0.0545 e. The number of aliphatic hydroxyl groups excluding tert-OH is 1. The molecule has 0 bridgehead atoms. The van der Waals surface area contributed by atoms with Gasteiger partial charge in [0.2, 0.25) is 0 Å². The van der Waals surface area contributed by atoms with Gasteiger partial charge in [0.05, 0.1) is 6.10 Å². The fraction of sp³-hybridized carbons (Fsp3) is 1.00. The molecular weight excluding hydrogens is 124 g/mol. The molecule has 0 aromatic carbocycles. The molecule has 1 saturated carbocycles. The summed E-state index contributed by atoms with van der Waals surface area (Å²) >= 11 is 0. The van der Waals surface area contributed by atoms with Crippen LogP contribution in [-0.4, -0.2) is 11.2 Å². The van der Waals surface area contributed by atoms with Gasteiger partial charge in [-0.15, -0.1) is 0 Å². The Kier molecular flexibility index (Phi) is 2.04. The van der Waals surface area contributed by atoms with Gasteiger partial charge in [-0.05, 0) is 30.6 Å². The standard InChI is InChI=1S/C9H18O/c1-7-4-5-8(10)6-9(7,2)3/h7-8,10H,4-6H2,1-3H3/t7-,8-/m0/s1. The first-order valence-corrected chi connectivity index (χ1v) is 4.20. The van der Waals surface area contributed by atoms with Crippen molar-refractivity contribution in [3.05, 3.63) is 0 Å². The smallest absolute Gasteiger partial charge is 0.0545 e. The quantitative estimate of drug-likeness (QED) is 0.549. The second-order valence-electron chi connectivity index (χ2n) is 4.32. The molecule has 0 aromatic rings. The summed E-state index contributed by atoms with van der Waals surface area (Å²) in [5.41, 5.74) is 0.359. The fourth-order valence-corrected chi connectivity index (χ4v) is 1.74. The lowest BCUT2D eigenvalue weighted by atomic mass is 9.69. The molecule has 0 aromatic heterocycles. The van der Waals surface area contributed by atoms with Crippen molar-refractivity contribution >= 4 is 0 Å². The summed E-state index contributed by atoms with van der Waals surface area (Å²) in [4.78, 5) is 0. The van der Waals surface area contributed by atoms with Crippen molar-refractivity contribution < 1.29 is 5.11 Å². The van der Waals surface area contributed by atoms with E-state index in [1.165, 1.54) is 6.42 Å². The first-order valence-electron chi connectivity index (χ1n) is 4.20. The van der Waals surface area contributed by atoms with Crippen LogP contribution in [0.4, 0.5) is 0 Å². The third-order valence-corrected chi connectivity index (χ3v) is 3.03. The summed E-state index contributed by atoms with van der Waals surface area (Å²) in [5.74, 6) is 0.774. The Balaban J connectivity index is 2.55. The van der Waals surface area contributed by atoms with Crippen molar-refractivity contribution in [2.45, 2.75) is 46.1 Å². The van der Waals surface area contributed by atoms with Crippen molar-refractivity contribution in [1.29, 1.82) is 0 Å². The molecule has 1 nitrogen and oxygen atoms in total. The van der Waals surface area contributed by atoms with Gasteiger partial charge in [0.25, 0.3) is 0 Å². The molecule has 1 aliphatic carbocycles. The highest BCUT2D eigenvalue weighted by Gasteiger charge is 2.32. The van der Waals surface area contributed by atoms with E-state index in [4.69, 9.17) is 0 Å². The lowest BCUT2D eigenvalue weighted by Gasteiger charge is -2.38. The number of hydrogen-bond acceptors (Lipinski definition) is 1. The van der Waals surface area contributed by atoms with Crippen LogP contribution >= 0.6 is 0 Å². The van der Waals surface area contributed by atoms with Crippen LogP contribution in [0.25, 0.3) is 0 Å². The Labute approximate surface area is 63.4 Å². The lowest BCUT2D eigenvalue weighted by Crippen LogP contribution is -2.32. The van der Waals surface area contributed by atoms with Crippen LogP contribution in [0.3, 0.4) is 0 Å². The van der Waals surface area contributed by atoms with Crippen LogP contribution < -0.4 is 0 Å². The molecule has 1 aliphatic rings. The summed E-state index contributed by atoms with van der Waals surface area (Å²) in [7, 11) is 0. The van der Waals surface area contributed by atoms with Gasteiger partial charge in [-0.2, -0.15) is 0 Å². The summed E-state index contributed by atoms with van der Waals surface area (Å²) < 4.78 is 0. The molecule has 0 radical (unpaired) electrons. The molecular formula is C9H18O. The second kappa shape index (κ2) is 2.54. The Morgan fingerprint density at radius 3 is 2.30 bits per heavy atom. The van der Waals surface area contributed by atoms with Crippen molar-refractivity contribution in [3.63, 3.8) is 0 Å². The molecule has 2 atom stereocenters. The first kappa shape index (κ1) is 8.06. The van der Waals surface area contributed by atoms with Crippen LogP contribution in [0.2, 0.25) is 0 Å². The van der Waals surface area contributed by atoms with E-state index in [-0.39, 0.29) is 6.10 Å². The normalized spacial score (nSPS) is 39.6. The highest BCUT2D eigenvalue weighted by molar-refractivity contribution is 4.83. The van der Waals surface area contributed by atoms with Crippen molar-refractivity contribution in [3.8, 4) is 0 Å². The third kappa shape index (κ3) is 1.51. The van der Waals surface area contributed by atoms with Crippen molar-refractivity contribution in [2.24, 2.45) is 11.3 Å². The van der Waals surface area contributed by atoms with E-state index >= 15 is 0 Å². The average molecular weight is 142 g/mol. The van der Waals surface area contributed by atoms with E-state index in [9.17, 15) is 5.11 Å². The van der Waals surface area contributed by atoms with Gasteiger partial charge in [0, 0.05) is 0 Å². The Morgan fingerprint density at radius 2 is 1.90 bits per heavy atom. The zero-order valence-electron chi connectivity index (χ0n) is 7.22. The molecule has 0 spiro atoms. The molecule has 0 unspecified atom stereocenters. The van der Waals surface area contributed by atoms with Crippen LogP contribution in [0.15, 0.2) is 0 Å². The van der Waals surface area contributed by atoms with E-state index in [0.717, 1.165) is 18.8 Å². The van der Waals surface area contributed by atoms with Crippen LogP contribution in [0, 0.1) is 11.3 Å². The van der Waals surface area contributed by atoms with Crippen molar-refractivity contribution in [1.82, 2.24) is 0 Å². The molecule has 1 N–H and O–H groups in total. The second-order valence-corrected chi connectivity index (χ2v) is 4.32. The molecule has 0 heterocycles. The maximum absolute atomic E-state index is 9.36. The third-order valence-electron chi connectivity index (χ3n) is 3.03. The summed E-state index contributed by atoms with van der Waals surface area (Å²) in [5, 5.41) is 9.36. The maximum atomic E-state index is 9.36. The molecule has 0 saturated heterocycles. The molecule has 0 amide bonds. The van der Waals surface area contributed by atoms with Crippen LogP contribution in [-0.2, 0) is 0 Å². The Morgan fingerprint density at radius 1 is 1.30 bits per heavy atom. The number of aliphatic hydroxyl groups is 1. The molecule has 1 fully saturated rings. The largest absolute Gasteiger partial charge is 0.393 e. The highest BCUT2D eigenvalue weighted by atomic mass is 16.3. The summed E-state index contributed by atoms with van der Waals surface area (Å²) in [6, 6.07) is 0. The van der Waals surface area contributed by atoms with Gasteiger partial charge in [-0.25, -0.2) is 0 Å². The van der Waals surface area contributed by atoms with Gasteiger partial charge in [0.15, 0.2) is 0 Å². The summed E-state index contributed by atoms with van der Waals surface area (Å²) in [6.45, 7) is 6.78. The minimum atomic E-state index is -0.0359. The van der Waals surface area contributed by atoms with Crippen LogP contribution in [0.5, 0.6) is 0 Å². The predicted octanol–water partition coefficient (Wildman–Crippen LogP) is 2.19.